The van der Waals surface area contributed by atoms with Crippen LogP contribution in [-0.4, -0.2) is 45.9 Å². The van der Waals surface area contributed by atoms with E-state index in [1.807, 2.05) is 37.3 Å². The maximum atomic E-state index is 13.2. The van der Waals surface area contributed by atoms with Gasteiger partial charge in [-0.3, -0.25) is 34.9 Å². The normalized spacial score (nSPS) is 18.8. The lowest BCUT2D eigenvalue weighted by Crippen LogP contribution is -2.62. The fourth-order valence-electron chi connectivity index (χ4n) is 4.63. The summed E-state index contributed by atoms with van der Waals surface area (Å²) in [5, 5.41) is 3.74. The molecule has 2 aromatic carbocycles. The van der Waals surface area contributed by atoms with Gasteiger partial charge in [0.1, 0.15) is 5.66 Å². The van der Waals surface area contributed by atoms with Crippen LogP contribution in [0.4, 0.5) is 5.69 Å². The molecule has 0 aliphatic carbocycles. The molecule has 0 saturated carbocycles. The van der Waals surface area contributed by atoms with Crippen LogP contribution in [0.15, 0.2) is 65.2 Å². The average molecular weight is 473 g/mol. The smallest absolute Gasteiger partial charge is 0.291 e. The van der Waals surface area contributed by atoms with Crippen molar-refractivity contribution < 1.29 is 23.7 Å². The Morgan fingerprint density at radius 3 is 2.60 bits per heavy atom. The van der Waals surface area contributed by atoms with E-state index in [9.17, 15) is 19.2 Å². The first-order chi connectivity index (χ1) is 16.9. The van der Waals surface area contributed by atoms with Gasteiger partial charge in [-0.15, -0.1) is 0 Å². The largest absolute Gasteiger partial charge is 0.355 e. The molecule has 0 radical (unpaired) electrons. The maximum absolute atomic E-state index is 13.2. The van der Waals surface area contributed by atoms with Crippen molar-refractivity contribution >= 4 is 29.3 Å². The highest BCUT2D eigenvalue weighted by atomic mass is 16.5. The van der Waals surface area contributed by atoms with Crippen molar-refractivity contribution in [1.29, 1.82) is 0 Å². The minimum Gasteiger partial charge on any atom is -0.355 e. The Morgan fingerprint density at radius 2 is 1.80 bits per heavy atom. The van der Waals surface area contributed by atoms with Crippen LogP contribution in [0.1, 0.15) is 47.0 Å². The minimum absolute atomic E-state index is 0.0135. The van der Waals surface area contributed by atoms with Gasteiger partial charge in [0.25, 0.3) is 11.8 Å². The van der Waals surface area contributed by atoms with E-state index in [-0.39, 0.29) is 30.5 Å². The van der Waals surface area contributed by atoms with Gasteiger partial charge >= 0.3 is 0 Å². The number of hydrogen-bond acceptors (Lipinski definition) is 6. The number of para-hydroxylation sites is 1. The van der Waals surface area contributed by atoms with Crippen LogP contribution in [0.2, 0.25) is 0 Å². The SMILES string of the molecule is C[C@@]12CCC(=O)N1c1ccccc1C(=O)N2CCC(=O)NNC(=O)c1cc(-c2ccccc2)on1. The standard InChI is InChI=1S/C25H23N5O5/c1-25-13-11-22(32)30(25)19-10-6-5-9-17(19)24(34)29(25)14-12-21(31)26-27-23(33)18-15-20(35-28-18)16-7-3-2-4-8-16/h2-10,15H,11-14H2,1H3,(H,26,31)(H,27,33)/t25-/m0/s1. The maximum Gasteiger partial charge on any atom is 0.291 e. The highest BCUT2D eigenvalue weighted by Crippen LogP contribution is 2.43. The summed E-state index contributed by atoms with van der Waals surface area (Å²) < 4.78 is 5.21. The Labute approximate surface area is 200 Å². The van der Waals surface area contributed by atoms with E-state index < -0.39 is 17.5 Å². The molecule has 1 aromatic heterocycles. The molecular weight excluding hydrogens is 450 g/mol. The number of aromatic nitrogens is 1. The van der Waals surface area contributed by atoms with Crippen LogP contribution < -0.4 is 15.8 Å². The summed E-state index contributed by atoms with van der Waals surface area (Å²) in [6.07, 6.45) is 0.722. The zero-order valence-electron chi connectivity index (χ0n) is 19.0. The van der Waals surface area contributed by atoms with Crippen molar-refractivity contribution in [2.75, 3.05) is 11.4 Å². The fourth-order valence-corrected chi connectivity index (χ4v) is 4.63. The van der Waals surface area contributed by atoms with Crippen LogP contribution in [0.25, 0.3) is 11.3 Å². The van der Waals surface area contributed by atoms with Crippen molar-refractivity contribution in [3.63, 3.8) is 0 Å². The number of hydrazine groups is 1. The predicted molar refractivity (Wildman–Crippen MR) is 125 cm³/mol. The fraction of sp³-hybridized carbons (Fsp3) is 0.240. The molecule has 4 amide bonds. The number of fused-ring (bicyclic) bond motifs is 3. The summed E-state index contributed by atoms with van der Waals surface area (Å²) >= 11 is 0. The van der Waals surface area contributed by atoms with Crippen molar-refractivity contribution in [3.8, 4) is 11.3 Å². The summed E-state index contributed by atoms with van der Waals surface area (Å²) in [5.41, 5.74) is 5.61. The van der Waals surface area contributed by atoms with Crippen LogP contribution in [-0.2, 0) is 9.59 Å². The second-order valence-corrected chi connectivity index (χ2v) is 8.61. The number of nitrogens with one attached hydrogen (secondary N) is 2. The minimum atomic E-state index is -0.847. The van der Waals surface area contributed by atoms with E-state index in [1.165, 1.54) is 6.07 Å². The Hall–Kier alpha value is -4.47. The lowest BCUT2D eigenvalue weighted by Gasteiger charge is -2.48. The number of carbonyl (C=O) groups excluding carboxylic acids is 4. The molecule has 35 heavy (non-hydrogen) atoms. The van der Waals surface area contributed by atoms with Crippen molar-refractivity contribution in [2.24, 2.45) is 0 Å². The molecule has 5 rings (SSSR count). The van der Waals surface area contributed by atoms with Gasteiger partial charge in [-0.1, -0.05) is 47.6 Å². The first kappa shape index (κ1) is 22.3. The summed E-state index contributed by atoms with van der Waals surface area (Å²) in [6, 6.07) is 17.6. The third-order valence-corrected chi connectivity index (χ3v) is 6.42. The molecule has 1 fully saturated rings. The Balaban J connectivity index is 1.21. The zero-order valence-corrected chi connectivity index (χ0v) is 19.0. The van der Waals surface area contributed by atoms with Crippen molar-refractivity contribution in [1.82, 2.24) is 20.9 Å². The summed E-state index contributed by atoms with van der Waals surface area (Å²) in [7, 11) is 0. The molecule has 0 spiro atoms. The van der Waals surface area contributed by atoms with Gasteiger partial charge in [0.2, 0.25) is 11.8 Å². The molecule has 10 nitrogen and oxygen atoms in total. The van der Waals surface area contributed by atoms with Crippen LogP contribution in [0, 0.1) is 0 Å². The molecule has 2 aliphatic heterocycles. The number of nitrogens with zero attached hydrogens (tertiary/aromatic N) is 3. The van der Waals surface area contributed by atoms with Crippen LogP contribution >= 0.6 is 0 Å². The predicted octanol–water partition coefficient (Wildman–Crippen LogP) is 2.49. The molecule has 1 saturated heterocycles. The quantitative estimate of drug-likeness (QED) is 0.549. The van der Waals surface area contributed by atoms with E-state index in [0.717, 1.165) is 5.56 Å². The second-order valence-electron chi connectivity index (χ2n) is 8.61. The summed E-state index contributed by atoms with van der Waals surface area (Å²) in [4.78, 5) is 53.9. The summed E-state index contributed by atoms with van der Waals surface area (Å²) in [5.74, 6) is -0.989. The van der Waals surface area contributed by atoms with Gasteiger partial charge in [0, 0.05) is 31.0 Å². The van der Waals surface area contributed by atoms with Gasteiger partial charge in [-0.05, 0) is 25.5 Å². The number of benzene rings is 2. The molecule has 0 bridgehead atoms. The van der Waals surface area contributed by atoms with Crippen molar-refractivity contribution in [3.05, 3.63) is 71.9 Å². The Kier molecular flexibility index (Phi) is 5.56. The third kappa shape index (κ3) is 3.92. The molecule has 3 heterocycles. The molecule has 2 aliphatic rings. The van der Waals surface area contributed by atoms with E-state index in [2.05, 4.69) is 16.0 Å². The molecule has 2 N–H and O–H groups in total. The summed E-state index contributed by atoms with van der Waals surface area (Å²) in [6.45, 7) is 1.91. The molecular formula is C25H23N5O5. The third-order valence-electron chi connectivity index (χ3n) is 6.42. The average Bonchev–Trinajstić information content (AvgIpc) is 3.48. The van der Waals surface area contributed by atoms with Gasteiger partial charge in [0.05, 0.1) is 11.3 Å². The van der Waals surface area contributed by atoms with Crippen LogP contribution in [0.3, 0.4) is 0 Å². The van der Waals surface area contributed by atoms with E-state index >= 15 is 0 Å². The molecule has 10 heteroatoms. The lowest BCUT2D eigenvalue weighted by atomic mass is 9.98. The van der Waals surface area contributed by atoms with Crippen LogP contribution in [0.5, 0.6) is 0 Å². The number of anilines is 1. The highest BCUT2D eigenvalue weighted by molar-refractivity contribution is 6.10. The lowest BCUT2D eigenvalue weighted by molar-refractivity contribution is -0.122. The molecule has 1 atom stereocenters. The second kappa shape index (κ2) is 8.71. The number of rotatable bonds is 5. The first-order valence-corrected chi connectivity index (χ1v) is 11.2. The molecule has 3 aromatic rings. The number of carbonyl (C=O) groups is 4. The number of amides is 4. The number of hydrogen-bond donors (Lipinski definition) is 2. The molecule has 178 valence electrons. The van der Waals surface area contributed by atoms with Gasteiger partial charge in [-0.2, -0.15) is 0 Å². The van der Waals surface area contributed by atoms with Crippen molar-refractivity contribution in [2.45, 2.75) is 31.8 Å². The van der Waals surface area contributed by atoms with Gasteiger partial charge in [0.15, 0.2) is 11.5 Å². The molecule has 0 unspecified atom stereocenters. The Bertz CT molecular complexity index is 1320. The van der Waals surface area contributed by atoms with E-state index in [0.29, 0.717) is 29.9 Å². The zero-order chi connectivity index (χ0) is 24.6. The van der Waals surface area contributed by atoms with E-state index in [1.54, 1.807) is 34.1 Å². The van der Waals surface area contributed by atoms with E-state index in [4.69, 9.17) is 4.52 Å². The Morgan fingerprint density at radius 1 is 1.06 bits per heavy atom. The highest BCUT2D eigenvalue weighted by Gasteiger charge is 2.52. The topological polar surface area (TPSA) is 125 Å². The first-order valence-electron chi connectivity index (χ1n) is 11.2. The van der Waals surface area contributed by atoms with Gasteiger partial charge in [-0.25, -0.2) is 0 Å². The monoisotopic (exact) mass is 473 g/mol. The van der Waals surface area contributed by atoms with Gasteiger partial charge < -0.3 is 9.42 Å².